The fourth-order valence-electron chi connectivity index (χ4n) is 1.86. The molecule has 1 fully saturated rings. The Bertz CT molecular complexity index is 402. The number of hydrogen-bond donors (Lipinski definition) is 3. The van der Waals surface area contributed by atoms with Crippen LogP contribution in [0.5, 0.6) is 0 Å². The van der Waals surface area contributed by atoms with Gasteiger partial charge in [0.1, 0.15) is 0 Å². The highest BCUT2D eigenvalue weighted by atomic mass is 16.3. The van der Waals surface area contributed by atoms with Crippen LogP contribution in [0.3, 0.4) is 0 Å². The Kier molecular flexibility index (Phi) is 3.76. The summed E-state index contributed by atoms with van der Waals surface area (Å²) in [7, 11) is 0. The third-order valence-electron chi connectivity index (χ3n) is 3.04. The summed E-state index contributed by atoms with van der Waals surface area (Å²) in [6, 6.07) is 7.17. The van der Waals surface area contributed by atoms with Gasteiger partial charge in [0.25, 0.3) is 0 Å². The van der Waals surface area contributed by atoms with Gasteiger partial charge in [-0.25, -0.2) is 0 Å². The van der Waals surface area contributed by atoms with Gasteiger partial charge in [0.05, 0.1) is 6.61 Å². The Balaban J connectivity index is 1.88. The Morgan fingerprint density at radius 2 is 2.29 bits per heavy atom. The van der Waals surface area contributed by atoms with Crippen molar-refractivity contribution in [3.8, 4) is 0 Å². The van der Waals surface area contributed by atoms with Crippen LogP contribution in [-0.2, 0) is 11.4 Å². The molecule has 0 saturated heterocycles. The van der Waals surface area contributed by atoms with Crippen molar-refractivity contribution in [1.29, 1.82) is 0 Å². The first-order chi connectivity index (χ1) is 8.19. The first-order valence-corrected chi connectivity index (χ1v) is 5.94. The number of hydrogen-bond acceptors (Lipinski definition) is 3. The van der Waals surface area contributed by atoms with Crippen LogP contribution in [0.25, 0.3) is 0 Å². The van der Waals surface area contributed by atoms with Crippen molar-refractivity contribution in [3.63, 3.8) is 0 Å². The minimum atomic E-state index is -0.0560. The quantitative estimate of drug-likeness (QED) is 0.717. The third-order valence-corrected chi connectivity index (χ3v) is 3.04. The maximum atomic E-state index is 11.7. The molecule has 1 aliphatic rings. The zero-order valence-corrected chi connectivity index (χ0v) is 9.73. The van der Waals surface area contributed by atoms with Crippen LogP contribution in [-0.4, -0.2) is 17.1 Å². The molecule has 0 aromatic heterocycles. The summed E-state index contributed by atoms with van der Waals surface area (Å²) in [5, 5.41) is 11.8. The van der Waals surface area contributed by atoms with E-state index < -0.39 is 0 Å². The lowest BCUT2D eigenvalue weighted by Crippen LogP contribution is -2.28. The standard InChI is InChI=1S/C13H18N2O2/c14-12(10-4-5-10)7-13(17)15-11-3-1-2-9(6-11)8-16/h1-3,6,10,12,16H,4-5,7-8,14H2,(H,15,17). The molecule has 1 aliphatic carbocycles. The number of anilines is 1. The topological polar surface area (TPSA) is 75.4 Å². The zero-order valence-electron chi connectivity index (χ0n) is 9.73. The summed E-state index contributed by atoms with van der Waals surface area (Å²) in [6.07, 6.45) is 2.66. The molecule has 4 N–H and O–H groups in total. The van der Waals surface area contributed by atoms with Crippen molar-refractivity contribution in [2.24, 2.45) is 11.7 Å². The predicted molar refractivity (Wildman–Crippen MR) is 66.3 cm³/mol. The van der Waals surface area contributed by atoms with Gasteiger partial charge in [0.2, 0.25) is 5.91 Å². The van der Waals surface area contributed by atoms with Crippen LogP contribution in [0.4, 0.5) is 5.69 Å². The monoisotopic (exact) mass is 234 g/mol. The number of rotatable bonds is 5. The van der Waals surface area contributed by atoms with Crippen LogP contribution < -0.4 is 11.1 Å². The van der Waals surface area contributed by atoms with Gasteiger partial charge in [-0.1, -0.05) is 12.1 Å². The van der Waals surface area contributed by atoms with E-state index in [-0.39, 0.29) is 18.6 Å². The molecule has 0 aliphatic heterocycles. The number of carbonyl (C=O) groups is 1. The highest BCUT2D eigenvalue weighted by Crippen LogP contribution is 2.32. The number of aliphatic hydroxyl groups is 1. The summed E-state index contributed by atoms with van der Waals surface area (Å²) in [5.41, 5.74) is 7.39. The second kappa shape index (κ2) is 5.29. The molecular formula is C13H18N2O2. The van der Waals surface area contributed by atoms with Crippen molar-refractivity contribution in [3.05, 3.63) is 29.8 Å². The molecule has 1 unspecified atom stereocenters. The summed E-state index contributed by atoms with van der Waals surface area (Å²) in [5.74, 6) is 0.476. The number of nitrogens with two attached hydrogens (primary N) is 1. The van der Waals surface area contributed by atoms with E-state index in [9.17, 15) is 4.79 Å². The molecule has 1 aromatic carbocycles. The van der Waals surface area contributed by atoms with Crippen molar-refractivity contribution >= 4 is 11.6 Å². The smallest absolute Gasteiger partial charge is 0.225 e. The molecule has 0 spiro atoms. The number of carbonyl (C=O) groups excluding carboxylic acids is 1. The van der Waals surface area contributed by atoms with Gasteiger partial charge < -0.3 is 16.2 Å². The van der Waals surface area contributed by atoms with Crippen LogP contribution in [0.2, 0.25) is 0 Å². The maximum Gasteiger partial charge on any atom is 0.225 e. The van der Waals surface area contributed by atoms with E-state index in [0.717, 1.165) is 18.4 Å². The summed E-state index contributed by atoms with van der Waals surface area (Å²) in [6.45, 7) is -0.0225. The number of benzene rings is 1. The molecule has 1 saturated carbocycles. The Morgan fingerprint density at radius 1 is 1.53 bits per heavy atom. The summed E-state index contributed by atoms with van der Waals surface area (Å²) in [4.78, 5) is 11.7. The first-order valence-electron chi connectivity index (χ1n) is 5.94. The SMILES string of the molecule is NC(CC(=O)Nc1cccc(CO)c1)C1CC1. The van der Waals surface area contributed by atoms with Crippen molar-refractivity contribution in [2.75, 3.05) is 5.32 Å². The summed E-state index contributed by atoms with van der Waals surface area (Å²) < 4.78 is 0. The Labute approximate surface area is 101 Å². The molecule has 4 heteroatoms. The molecule has 0 heterocycles. The van der Waals surface area contributed by atoms with Gasteiger partial charge in [0.15, 0.2) is 0 Å². The van der Waals surface area contributed by atoms with E-state index in [0.29, 0.717) is 18.0 Å². The highest BCUT2D eigenvalue weighted by molar-refractivity contribution is 5.91. The van der Waals surface area contributed by atoms with Gasteiger partial charge in [-0.3, -0.25) is 4.79 Å². The lowest BCUT2D eigenvalue weighted by molar-refractivity contribution is -0.116. The number of aliphatic hydroxyl groups excluding tert-OH is 1. The lowest BCUT2D eigenvalue weighted by Gasteiger charge is -2.11. The zero-order chi connectivity index (χ0) is 12.3. The summed E-state index contributed by atoms with van der Waals surface area (Å²) >= 11 is 0. The van der Waals surface area contributed by atoms with E-state index in [1.165, 1.54) is 0 Å². The van der Waals surface area contributed by atoms with E-state index in [2.05, 4.69) is 5.32 Å². The fourth-order valence-corrected chi connectivity index (χ4v) is 1.86. The highest BCUT2D eigenvalue weighted by Gasteiger charge is 2.29. The fraction of sp³-hybridized carbons (Fsp3) is 0.462. The molecular weight excluding hydrogens is 216 g/mol. The average molecular weight is 234 g/mol. The molecule has 1 aromatic rings. The third kappa shape index (κ3) is 3.54. The minimum absolute atomic E-state index is 0.0176. The van der Waals surface area contributed by atoms with Crippen molar-refractivity contribution < 1.29 is 9.90 Å². The second-order valence-electron chi connectivity index (χ2n) is 4.61. The molecule has 2 rings (SSSR count). The van der Waals surface area contributed by atoms with Crippen LogP contribution in [0, 0.1) is 5.92 Å². The van der Waals surface area contributed by atoms with Gasteiger partial charge in [-0.05, 0) is 36.5 Å². The van der Waals surface area contributed by atoms with E-state index >= 15 is 0 Å². The largest absolute Gasteiger partial charge is 0.392 e. The Hall–Kier alpha value is -1.39. The first kappa shape index (κ1) is 12.1. The number of amides is 1. The van der Waals surface area contributed by atoms with E-state index in [1.807, 2.05) is 12.1 Å². The molecule has 0 radical (unpaired) electrons. The maximum absolute atomic E-state index is 11.7. The van der Waals surface area contributed by atoms with Crippen LogP contribution in [0.1, 0.15) is 24.8 Å². The van der Waals surface area contributed by atoms with Crippen LogP contribution >= 0.6 is 0 Å². The number of nitrogens with one attached hydrogen (secondary N) is 1. The molecule has 4 nitrogen and oxygen atoms in total. The molecule has 1 amide bonds. The predicted octanol–water partition coefficient (Wildman–Crippen LogP) is 1.24. The van der Waals surface area contributed by atoms with E-state index in [4.69, 9.17) is 10.8 Å². The van der Waals surface area contributed by atoms with Crippen LogP contribution in [0.15, 0.2) is 24.3 Å². The average Bonchev–Trinajstić information content (AvgIpc) is 3.12. The molecule has 92 valence electrons. The molecule has 17 heavy (non-hydrogen) atoms. The normalized spacial score (nSPS) is 16.6. The van der Waals surface area contributed by atoms with Crippen molar-refractivity contribution in [1.82, 2.24) is 0 Å². The lowest BCUT2D eigenvalue weighted by atomic mass is 10.1. The van der Waals surface area contributed by atoms with E-state index in [1.54, 1.807) is 12.1 Å². The van der Waals surface area contributed by atoms with Crippen molar-refractivity contribution in [2.45, 2.75) is 31.9 Å². The second-order valence-corrected chi connectivity index (χ2v) is 4.61. The van der Waals surface area contributed by atoms with Gasteiger partial charge >= 0.3 is 0 Å². The van der Waals surface area contributed by atoms with Gasteiger partial charge in [-0.2, -0.15) is 0 Å². The molecule has 0 bridgehead atoms. The Morgan fingerprint density at radius 3 is 2.94 bits per heavy atom. The molecule has 1 atom stereocenters. The minimum Gasteiger partial charge on any atom is -0.392 e. The van der Waals surface area contributed by atoms with Gasteiger partial charge in [0, 0.05) is 18.2 Å². The van der Waals surface area contributed by atoms with Gasteiger partial charge in [-0.15, -0.1) is 0 Å².